The number of hydrogen-bond acceptors (Lipinski definition) is 3. The second-order valence-corrected chi connectivity index (χ2v) is 7.03. The molecule has 0 fully saturated rings. The van der Waals surface area contributed by atoms with E-state index in [9.17, 15) is 18.7 Å². The Balaban J connectivity index is 1.97. The third kappa shape index (κ3) is 6.82. The molecule has 0 bridgehead atoms. The Morgan fingerprint density at radius 1 is 1.15 bits per heavy atom. The maximum atomic E-state index is 13.4. The van der Waals surface area contributed by atoms with Crippen molar-refractivity contribution in [3.63, 3.8) is 0 Å². The molecule has 0 aliphatic heterocycles. The van der Waals surface area contributed by atoms with Crippen molar-refractivity contribution in [3.05, 3.63) is 69.7 Å². The van der Waals surface area contributed by atoms with Crippen LogP contribution in [0.25, 0.3) is 0 Å². The molecule has 0 aliphatic rings. The number of benzene rings is 2. The van der Waals surface area contributed by atoms with Crippen LogP contribution in [0, 0.1) is 11.6 Å². The van der Waals surface area contributed by atoms with Crippen LogP contribution >= 0.6 is 15.9 Å². The summed E-state index contributed by atoms with van der Waals surface area (Å²) >= 11 is 3.40. The van der Waals surface area contributed by atoms with E-state index in [0.717, 1.165) is 16.1 Å². The first-order valence-electron chi connectivity index (χ1n) is 8.19. The molecule has 3 N–H and O–H groups in total. The summed E-state index contributed by atoms with van der Waals surface area (Å²) in [5.41, 5.74) is 1.40. The molecule has 0 saturated heterocycles. The van der Waals surface area contributed by atoms with Gasteiger partial charge in [-0.2, -0.15) is 0 Å². The molecule has 1 amide bonds. The molecule has 2 aromatic carbocycles. The average Bonchev–Trinajstić information content (AvgIpc) is 2.53. The summed E-state index contributed by atoms with van der Waals surface area (Å²) in [7, 11) is 0. The predicted molar refractivity (Wildman–Crippen MR) is 99.5 cm³/mol. The second kappa shape index (κ2) is 9.75. The molecule has 1 unspecified atom stereocenters. The smallest absolute Gasteiger partial charge is 0.217 e. The fourth-order valence-corrected chi connectivity index (χ4v) is 3.13. The summed E-state index contributed by atoms with van der Waals surface area (Å²) in [5.74, 6) is -1.70. The van der Waals surface area contributed by atoms with E-state index in [1.165, 1.54) is 19.1 Å². The van der Waals surface area contributed by atoms with E-state index < -0.39 is 23.8 Å². The molecular weight excluding hydrogens is 406 g/mol. The van der Waals surface area contributed by atoms with Crippen LogP contribution in [0.3, 0.4) is 0 Å². The number of aliphatic hydroxyl groups excluding tert-OH is 1. The van der Waals surface area contributed by atoms with Crippen LogP contribution in [0.4, 0.5) is 8.78 Å². The second-order valence-electron chi connectivity index (χ2n) is 6.12. The third-order valence-electron chi connectivity index (χ3n) is 3.80. The number of halogens is 3. The van der Waals surface area contributed by atoms with Gasteiger partial charge in [-0.15, -0.1) is 0 Å². The fraction of sp³-hybridized carbons (Fsp3) is 0.316. The SMILES string of the molecule is CC(=O)NC(Cc1cc(F)cc(F)c1)[C@H](O)CNCc1cccc(Br)c1. The van der Waals surface area contributed by atoms with E-state index in [0.29, 0.717) is 12.1 Å². The number of carbonyl (C=O) groups is 1. The van der Waals surface area contributed by atoms with Crippen molar-refractivity contribution < 1.29 is 18.7 Å². The predicted octanol–water partition coefficient (Wildman–Crippen LogP) is 2.93. The highest BCUT2D eigenvalue weighted by Crippen LogP contribution is 2.13. The quantitative estimate of drug-likeness (QED) is 0.607. The van der Waals surface area contributed by atoms with Gasteiger partial charge >= 0.3 is 0 Å². The van der Waals surface area contributed by atoms with Crippen molar-refractivity contribution in [3.8, 4) is 0 Å². The monoisotopic (exact) mass is 426 g/mol. The van der Waals surface area contributed by atoms with Crippen LogP contribution in [0.15, 0.2) is 46.9 Å². The number of carbonyl (C=O) groups excluding carboxylic acids is 1. The van der Waals surface area contributed by atoms with Gasteiger partial charge in [-0.3, -0.25) is 4.79 Å². The van der Waals surface area contributed by atoms with E-state index in [4.69, 9.17) is 0 Å². The molecular formula is C19H21BrF2N2O2. The van der Waals surface area contributed by atoms with Gasteiger partial charge in [0.2, 0.25) is 5.91 Å². The molecule has 2 atom stereocenters. The lowest BCUT2D eigenvalue weighted by Crippen LogP contribution is -2.48. The minimum Gasteiger partial charge on any atom is -0.390 e. The van der Waals surface area contributed by atoms with Gasteiger partial charge in [-0.25, -0.2) is 8.78 Å². The molecule has 0 heterocycles. The standard InChI is InChI=1S/C19H21BrF2N2O2/c1-12(25)24-18(8-14-6-16(21)9-17(22)7-14)19(26)11-23-10-13-3-2-4-15(20)5-13/h2-7,9,18-19,23,26H,8,10-11H2,1H3,(H,24,25)/t18?,19-/m1/s1. The highest BCUT2D eigenvalue weighted by atomic mass is 79.9. The zero-order chi connectivity index (χ0) is 19.1. The summed E-state index contributed by atoms with van der Waals surface area (Å²) < 4.78 is 27.7. The first kappa shape index (κ1) is 20.5. The molecule has 140 valence electrons. The lowest BCUT2D eigenvalue weighted by atomic mass is 10.0. The van der Waals surface area contributed by atoms with Crippen molar-refractivity contribution in [1.29, 1.82) is 0 Å². The normalized spacial score (nSPS) is 13.3. The van der Waals surface area contributed by atoms with Crippen molar-refractivity contribution in [2.24, 2.45) is 0 Å². The van der Waals surface area contributed by atoms with Crippen LogP contribution in [-0.2, 0) is 17.8 Å². The molecule has 2 aromatic rings. The zero-order valence-electron chi connectivity index (χ0n) is 14.3. The van der Waals surface area contributed by atoms with Gasteiger partial charge in [-0.05, 0) is 41.8 Å². The minimum absolute atomic E-state index is 0.119. The maximum absolute atomic E-state index is 13.4. The Hall–Kier alpha value is -1.83. The molecule has 0 aromatic heterocycles. The van der Waals surface area contributed by atoms with Crippen LogP contribution in [0.1, 0.15) is 18.1 Å². The number of rotatable bonds is 8. The molecule has 0 saturated carbocycles. The minimum atomic E-state index is -0.919. The molecule has 2 rings (SSSR count). The van der Waals surface area contributed by atoms with Crippen molar-refractivity contribution in [2.45, 2.75) is 32.0 Å². The van der Waals surface area contributed by atoms with Crippen molar-refractivity contribution in [1.82, 2.24) is 10.6 Å². The summed E-state index contributed by atoms with van der Waals surface area (Å²) in [6, 6.07) is 10.3. The first-order chi connectivity index (χ1) is 12.3. The van der Waals surface area contributed by atoms with Gasteiger partial charge < -0.3 is 15.7 Å². The van der Waals surface area contributed by atoms with Crippen LogP contribution < -0.4 is 10.6 Å². The van der Waals surface area contributed by atoms with Gasteiger partial charge in [0.05, 0.1) is 12.1 Å². The summed E-state index contributed by atoms with van der Waals surface area (Å²) in [4.78, 5) is 11.4. The Morgan fingerprint density at radius 2 is 1.85 bits per heavy atom. The molecule has 4 nitrogen and oxygen atoms in total. The highest BCUT2D eigenvalue weighted by molar-refractivity contribution is 9.10. The largest absolute Gasteiger partial charge is 0.390 e. The summed E-state index contributed by atoms with van der Waals surface area (Å²) in [6.07, 6.45) is -0.800. The lowest BCUT2D eigenvalue weighted by molar-refractivity contribution is -0.120. The number of amides is 1. The van der Waals surface area contributed by atoms with E-state index in [1.54, 1.807) is 0 Å². The zero-order valence-corrected chi connectivity index (χ0v) is 15.9. The molecule has 7 heteroatoms. The Labute approximate surface area is 159 Å². The van der Waals surface area contributed by atoms with E-state index in [1.807, 2.05) is 24.3 Å². The van der Waals surface area contributed by atoms with E-state index in [-0.39, 0.29) is 18.9 Å². The number of aliphatic hydroxyl groups is 1. The van der Waals surface area contributed by atoms with Crippen LogP contribution in [0.5, 0.6) is 0 Å². The van der Waals surface area contributed by atoms with Gasteiger partial charge in [0.15, 0.2) is 0 Å². The van der Waals surface area contributed by atoms with Crippen molar-refractivity contribution in [2.75, 3.05) is 6.54 Å². The Morgan fingerprint density at radius 3 is 2.46 bits per heavy atom. The Bertz CT molecular complexity index is 738. The Kier molecular flexibility index (Phi) is 7.68. The van der Waals surface area contributed by atoms with Gasteiger partial charge in [0.25, 0.3) is 0 Å². The van der Waals surface area contributed by atoms with E-state index in [2.05, 4.69) is 26.6 Å². The molecule has 0 radical (unpaired) electrons. The number of nitrogens with one attached hydrogen (secondary N) is 2. The van der Waals surface area contributed by atoms with Crippen LogP contribution in [-0.4, -0.2) is 29.7 Å². The van der Waals surface area contributed by atoms with Gasteiger partial charge in [0.1, 0.15) is 11.6 Å². The van der Waals surface area contributed by atoms with Gasteiger partial charge in [-0.1, -0.05) is 28.1 Å². The molecule has 26 heavy (non-hydrogen) atoms. The highest BCUT2D eigenvalue weighted by Gasteiger charge is 2.21. The maximum Gasteiger partial charge on any atom is 0.217 e. The summed E-state index contributed by atoms with van der Waals surface area (Å²) in [5, 5.41) is 16.2. The topological polar surface area (TPSA) is 61.4 Å². The van der Waals surface area contributed by atoms with Crippen molar-refractivity contribution >= 4 is 21.8 Å². The fourth-order valence-electron chi connectivity index (χ4n) is 2.68. The lowest BCUT2D eigenvalue weighted by Gasteiger charge is -2.24. The van der Waals surface area contributed by atoms with Gasteiger partial charge in [0, 0.05) is 30.6 Å². The van der Waals surface area contributed by atoms with Crippen LogP contribution in [0.2, 0.25) is 0 Å². The first-order valence-corrected chi connectivity index (χ1v) is 8.98. The average molecular weight is 427 g/mol. The van der Waals surface area contributed by atoms with E-state index >= 15 is 0 Å². The molecule has 0 aliphatic carbocycles. The number of hydrogen-bond donors (Lipinski definition) is 3. The summed E-state index contributed by atoms with van der Waals surface area (Å²) in [6.45, 7) is 2.09. The molecule has 0 spiro atoms. The third-order valence-corrected chi connectivity index (χ3v) is 4.30.